The van der Waals surface area contributed by atoms with Crippen molar-refractivity contribution in [2.75, 3.05) is 0 Å². The van der Waals surface area contributed by atoms with E-state index < -0.39 is 0 Å². The van der Waals surface area contributed by atoms with Gasteiger partial charge in [0.15, 0.2) is 0 Å². The molecule has 2 aromatic carbocycles. The van der Waals surface area contributed by atoms with E-state index in [2.05, 4.69) is 37.2 Å². The van der Waals surface area contributed by atoms with Gasteiger partial charge in [-0.05, 0) is 23.8 Å². The highest BCUT2D eigenvalue weighted by Gasteiger charge is 2.14. The maximum Gasteiger partial charge on any atom is 0.277 e. The molecule has 0 unspecified atom stereocenters. The minimum absolute atomic E-state index is 0.431. The molecule has 0 amide bonds. The number of fused-ring (bicyclic) bond motifs is 1. The number of benzene rings is 2. The molecule has 0 spiro atoms. The Morgan fingerprint density at radius 1 is 1.04 bits per heavy atom. The van der Waals surface area contributed by atoms with Crippen molar-refractivity contribution in [3.8, 4) is 23.0 Å². The molecule has 0 aliphatic carbocycles. The van der Waals surface area contributed by atoms with Gasteiger partial charge in [-0.15, -0.1) is 11.3 Å². The van der Waals surface area contributed by atoms with E-state index in [1.165, 1.54) is 5.56 Å². The predicted molar refractivity (Wildman–Crippen MR) is 99.7 cm³/mol. The van der Waals surface area contributed by atoms with Crippen LogP contribution in [0.4, 0.5) is 0 Å². The smallest absolute Gasteiger partial charge is 0.277 e. The van der Waals surface area contributed by atoms with Crippen molar-refractivity contribution in [3.63, 3.8) is 0 Å². The van der Waals surface area contributed by atoms with Crippen molar-refractivity contribution >= 4 is 22.4 Å². The molecule has 5 rings (SSSR count). The summed E-state index contributed by atoms with van der Waals surface area (Å²) in [6.45, 7) is 0. The van der Waals surface area contributed by atoms with Gasteiger partial charge in [-0.25, -0.2) is 9.97 Å². The van der Waals surface area contributed by atoms with Gasteiger partial charge in [-0.2, -0.15) is 4.98 Å². The molecule has 0 radical (unpaired) electrons. The largest absolute Gasteiger partial charge is 0.345 e. The summed E-state index contributed by atoms with van der Waals surface area (Å²) < 4.78 is 5.42. The summed E-state index contributed by atoms with van der Waals surface area (Å²) in [7, 11) is 0. The monoisotopic (exact) mass is 359 g/mol. The van der Waals surface area contributed by atoms with Gasteiger partial charge in [0.05, 0.1) is 22.4 Å². The van der Waals surface area contributed by atoms with Gasteiger partial charge in [0, 0.05) is 17.4 Å². The van der Waals surface area contributed by atoms with Gasteiger partial charge in [-0.1, -0.05) is 35.5 Å². The lowest BCUT2D eigenvalue weighted by Crippen LogP contribution is -1.87. The fraction of sp³-hybridized carbons (Fsp3) is 0.0526. The van der Waals surface area contributed by atoms with E-state index in [1.807, 2.05) is 41.8 Å². The Hall–Kier alpha value is -3.32. The predicted octanol–water partition coefficient (Wildman–Crippen LogP) is 4.33. The Balaban J connectivity index is 1.41. The maximum absolute atomic E-state index is 5.42. The Morgan fingerprint density at radius 3 is 2.88 bits per heavy atom. The quantitative estimate of drug-likeness (QED) is 0.517. The van der Waals surface area contributed by atoms with Gasteiger partial charge in [0.25, 0.3) is 5.89 Å². The van der Waals surface area contributed by atoms with E-state index in [1.54, 1.807) is 17.7 Å². The molecule has 0 atom stereocenters. The first-order chi connectivity index (χ1) is 12.8. The summed E-state index contributed by atoms with van der Waals surface area (Å²) in [5.41, 5.74) is 4.65. The number of H-pyrrole nitrogens is 1. The van der Waals surface area contributed by atoms with Gasteiger partial charge < -0.3 is 9.51 Å². The van der Waals surface area contributed by atoms with Crippen molar-refractivity contribution in [1.82, 2.24) is 25.1 Å². The minimum atomic E-state index is 0.431. The molecule has 3 aromatic heterocycles. The first kappa shape index (κ1) is 15.0. The molecule has 0 bridgehead atoms. The molecule has 0 aliphatic rings. The lowest BCUT2D eigenvalue weighted by Gasteiger charge is -1.95. The van der Waals surface area contributed by atoms with Crippen LogP contribution in [0.3, 0.4) is 0 Å². The Morgan fingerprint density at radius 2 is 1.96 bits per heavy atom. The van der Waals surface area contributed by atoms with Crippen LogP contribution in [-0.4, -0.2) is 25.1 Å². The first-order valence-electron chi connectivity index (χ1n) is 8.11. The summed E-state index contributed by atoms with van der Waals surface area (Å²) in [6, 6.07) is 16.1. The fourth-order valence-electron chi connectivity index (χ4n) is 2.78. The molecule has 6 nitrogen and oxygen atoms in total. The molecule has 0 aliphatic heterocycles. The summed E-state index contributed by atoms with van der Waals surface area (Å²) in [4.78, 5) is 16.4. The molecule has 126 valence electrons. The van der Waals surface area contributed by atoms with E-state index >= 15 is 0 Å². The molecule has 26 heavy (non-hydrogen) atoms. The number of rotatable bonds is 4. The summed E-state index contributed by atoms with van der Waals surface area (Å²) >= 11 is 1.60. The summed E-state index contributed by atoms with van der Waals surface area (Å²) in [5, 5.41) is 7.06. The van der Waals surface area contributed by atoms with Crippen LogP contribution in [0.1, 0.15) is 10.6 Å². The van der Waals surface area contributed by atoms with E-state index in [0.717, 1.165) is 28.0 Å². The van der Waals surface area contributed by atoms with E-state index in [-0.39, 0.29) is 0 Å². The van der Waals surface area contributed by atoms with Crippen molar-refractivity contribution in [3.05, 3.63) is 70.8 Å². The molecular weight excluding hydrogens is 346 g/mol. The van der Waals surface area contributed by atoms with Crippen LogP contribution in [-0.2, 0) is 6.42 Å². The zero-order chi connectivity index (χ0) is 17.3. The van der Waals surface area contributed by atoms with Gasteiger partial charge in [0.1, 0.15) is 5.69 Å². The number of imidazole rings is 1. The van der Waals surface area contributed by atoms with Gasteiger partial charge in [0.2, 0.25) is 5.82 Å². The summed E-state index contributed by atoms with van der Waals surface area (Å²) in [5.74, 6) is 0.967. The van der Waals surface area contributed by atoms with E-state index in [0.29, 0.717) is 17.4 Å². The molecule has 7 heteroatoms. The van der Waals surface area contributed by atoms with Crippen LogP contribution in [0.25, 0.3) is 34.0 Å². The zero-order valence-electron chi connectivity index (χ0n) is 13.6. The highest BCUT2D eigenvalue weighted by atomic mass is 32.1. The molecular formula is C19H13N5OS. The SMILES string of the molecule is c1ccc(Cc2nc(-c3nc(-c4ccc5nc[nH]c5c4)no3)cs2)cc1. The highest BCUT2D eigenvalue weighted by molar-refractivity contribution is 7.10. The van der Waals surface area contributed by atoms with Crippen molar-refractivity contribution in [2.45, 2.75) is 6.42 Å². The second-order valence-electron chi connectivity index (χ2n) is 5.85. The standard InChI is InChI=1S/C19H13N5OS/c1-2-4-12(5-3-1)8-17-22-16(10-26-17)19-23-18(24-25-19)13-6-7-14-15(9-13)21-11-20-14/h1-7,9-11H,8H2,(H,20,21). The third-order valence-corrected chi connectivity index (χ3v) is 4.92. The Bertz CT molecular complexity index is 1170. The van der Waals surface area contributed by atoms with Crippen LogP contribution < -0.4 is 0 Å². The lowest BCUT2D eigenvalue weighted by atomic mass is 10.2. The first-order valence-corrected chi connectivity index (χ1v) is 8.99. The number of aromatic nitrogens is 5. The van der Waals surface area contributed by atoms with Crippen LogP contribution in [0, 0.1) is 0 Å². The second-order valence-corrected chi connectivity index (χ2v) is 6.79. The number of hydrogen-bond donors (Lipinski definition) is 1. The third kappa shape index (κ3) is 2.78. The molecule has 0 saturated carbocycles. The maximum atomic E-state index is 5.42. The normalized spacial score (nSPS) is 11.2. The lowest BCUT2D eigenvalue weighted by molar-refractivity contribution is 0.431. The topological polar surface area (TPSA) is 80.5 Å². The van der Waals surface area contributed by atoms with Gasteiger partial charge in [-0.3, -0.25) is 0 Å². The van der Waals surface area contributed by atoms with Crippen LogP contribution in [0.5, 0.6) is 0 Å². The van der Waals surface area contributed by atoms with E-state index in [9.17, 15) is 0 Å². The molecule has 0 saturated heterocycles. The number of thiazole rings is 1. The highest BCUT2D eigenvalue weighted by Crippen LogP contribution is 2.26. The number of nitrogens with one attached hydrogen (secondary N) is 1. The summed E-state index contributed by atoms with van der Waals surface area (Å²) in [6.07, 6.45) is 2.46. The fourth-order valence-corrected chi connectivity index (χ4v) is 3.58. The number of hydrogen-bond acceptors (Lipinski definition) is 6. The molecule has 1 N–H and O–H groups in total. The average molecular weight is 359 g/mol. The van der Waals surface area contributed by atoms with E-state index in [4.69, 9.17) is 4.52 Å². The molecule has 5 aromatic rings. The van der Waals surface area contributed by atoms with Crippen molar-refractivity contribution < 1.29 is 4.52 Å². The van der Waals surface area contributed by atoms with Crippen LogP contribution in [0.2, 0.25) is 0 Å². The Kier molecular flexibility index (Phi) is 3.57. The van der Waals surface area contributed by atoms with Crippen molar-refractivity contribution in [1.29, 1.82) is 0 Å². The van der Waals surface area contributed by atoms with Gasteiger partial charge >= 0.3 is 0 Å². The zero-order valence-corrected chi connectivity index (χ0v) is 14.4. The molecule has 3 heterocycles. The second kappa shape index (κ2) is 6.20. The minimum Gasteiger partial charge on any atom is -0.345 e. The number of nitrogens with zero attached hydrogens (tertiary/aromatic N) is 4. The van der Waals surface area contributed by atoms with Crippen LogP contribution in [0.15, 0.2) is 64.8 Å². The Labute approximate surface area is 152 Å². The number of aromatic amines is 1. The molecule has 0 fully saturated rings. The average Bonchev–Trinajstić information content (AvgIpc) is 3.42. The van der Waals surface area contributed by atoms with Crippen LogP contribution >= 0.6 is 11.3 Å². The third-order valence-electron chi connectivity index (χ3n) is 4.07. The van der Waals surface area contributed by atoms with Crippen molar-refractivity contribution in [2.24, 2.45) is 0 Å².